The number of fused-ring (bicyclic) bond motifs is 1. The van der Waals surface area contributed by atoms with E-state index in [0.29, 0.717) is 12.1 Å². The molecule has 0 saturated heterocycles. The van der Waals surface area contributed by atoms with Gasteiger partial charge in [0.15, 0.2) is 0 Å². The first-order valence-corrected chi connectivity index (χ1v) is 8.56. The van der Waals surface area contributed by atoms with Crippen molar-refractivity contribution in [1.82, 2.24) is 10.3 Å². The molecule has 0 saturated carbocycles. The molecule has 5 heteroatoms. The van der Waals surface area contributed by atoms with Crippen LogP contribution in [0.3, 0.4) is 0 Å². The van der Waals surface area contributed by atoms with Crippen LogP contribution in [-0.4, -0.2) is 36.0 Å². The van der Waals surface area contributed by atoms with Crippen LogP contribution in [0.1, 0.15) is 23.7 Å². The molecule has 21 heavy (non-hydrogen) atoms. The maximum atomic E-state index is 12.4. The Kier molecular flexibility index (Phi) is 5.87. The summed E-state index contributed by atoms with van der Waals surface area (Å²) >= 11 is 1.72. The molecule has 0 aliphatic rings. The lowest BCUT2D eigenvalue weighted by Gasteiger charge is -2.11. The molecule has 4 nitrogen and oxygen atoms in total. The number of rotatable bonds is 7. The monoisotopic (exact) mass is 303 g/mol. The lowest BCUT2D eigenvalue weighted by atomic mass is 10.1. The van der Waals surface area contributed by atoms with E-state index in [1.807, 2.05) is 36.6 Å². The summed E-state index contributed by atoms with van der Waals surface area (Å²) in [5.41, 5.74) is 1.52. The fourth-order valence-electron chi connectivity index (χ4n) is 2.07. The lowest BCUT2D eigenvalue weighted by molar-refractivity contribution is 0.0958. The van der Waals surface area contributed by atoms with E-state index in [1.165, 1.54) is 0 Å². The molecular weight excluding hydrogens is 282 g/mol. The van der Waals surface area contributed by atoms with E-state index in [2.05, 4.69) is 22.5 Å². The Morgan fingerprint density at radius 3 is 2.86 bits per heavy atom. The van der Waals surface area contributed by atoms with Crippen molar-refractivity contribution in [3.8, 4) is 0 Å². The molecule has 112 valence electrons. The SMILES string of the molecule is CCCNc1cc(C(=O)NCCSC)c2ccccc2n1. The molecule has 1 aromatic carbocycles. The molecule has 0 atom stereocenters. The quantitative estimate of drug-likeness (QED) is 0.772. The van der Waals surface area contributed by atoms with Crippen molar-refractivity contribution in [2.24, 2.45) is 0 Å². The lowest BCUT2D eigenvalue weighted by Crippen LogP contribution is -2.26. The summed E-state index contributed by atoms with van der Waals surface area (Å²) < 4.78 is 0. The van der Waals surface area contributed by atoms with Crippen molar-refractivity contribution in [2.45, 2.75) is 13.3 Å². The van der Waals surface area contributed by atoms with Gasteiger partial charge in [0.05, 0.1) is 11.1 Å². The highest BCUT2D eigenvalue weighted by Crippen LogP contribution is 2.20. The summed E-state index contributed by atoms with van der Waals surface area (Å²) in [4.78, 5) is 16.9. The minimum absolute atomic E-state index is 0.0396. The number of pyridine rings is 1. The smallest absolute Gasteiger partial charge is 0.252 e. The van der Waals surface area contributed by atoms with E-state index in [4.69, 9.17) is 0 Å². The van der Waals surface area contributed by atoms with E-state index in [1.54, 1.807) is 11.8 Å². The summed E-state index contributed by atoms with van der Waals surface area (Å²) in [5.74, 6) is 1.63. The molecular formula is C16H21N3OS. The number of carbonyl (C=O) groups is 1. The average Bonchev–Trinajstić information content (AvgIpc) is 2.52. The zero-order valence-electron chi connectivity index (χ0n) is 12.5. The fourth-order valence-corrected chi connectivity index (χ4v) is 2.37. The van der Waals surface area contributed by atoms with Gasteiger partial charge in [-0.15, -0.1) is 0 Å². The third kappa shape index (κ3) is 4.11. The Balaban J connectivity index is 2.32. The van der Waals surface area contributed by atoms with E-state index in [0.717, 1.165) is 35.4 Å². The van der Waals surface area contributed by atoms with Gasteiger partial charge in [-0.3, -0.25) is 4.79 Å². The first-order valence-electron chi connectivity index (χ1n) is 7.17. The first-order chi connectivity index (χ1) is 10.3. The van der Waals surface area contributed by atoms with Crippen LogP contribution in [0.4, 0.5) is 5.82 Å². The molecule has 1 amide bonds. The molecule has 1 heterocycles. The van der Waals surface area contributed by atoms with Gasteiger partial charge in [0.2, 0.25) is 0 Å². The number of nitrogens with one attached hydrogen (secondary N) is 2. The minimum Gasteiger partial charge on any atom is -0.370 e. The molecule has 0 aliphatic heterocycles. The number of thioether (sulfide) groups is 1. The highest BCUT2D eigenvalue weighted by molar-refractivity contribution is 7.98. The second kappa shape index (κ2) is 7.88. The molecule has 0 aliphatic carbocycles. The molecule has 1 aromatic heterocycles. The Hall–Kier alpha value is -1.75. The number of anilines is 1. The van der Waals surface area contributed by atoms with Crippen LogP contribution in [0.5, 0.6) is 0 Å². The van der Waals surface area contributed by atoms with Crippen molar-refractivity contribution in [2.75, 3.05) is 30.4 Å². The standard InChI is InChI=1S/C16H21N3OS/c1-3-8-17-15-11-13(16(20)18-9-10-21-2)12-6-4-5-7-14(12)19-15/h4-7,11H,3,8-10H2,1-2H3,(H,17,19)(H,18,20). The van der Waals surface area contributed by atoms with E-state index in [9.17, 15) is 4.79 Å². The first kappa shape index (κ1) is 15.6. The molecule has 0 radical (unpaired) electrons. The van der Waals surface area contributed by atoms with Gasteiger partial charge < -0.3 is 10.6 Å². The van der Waals surface area contributed by atoms with Gasteiger partial charge in [0.1, 0.15) is 5.82 Å². The van der Waals surface area contributed by atoms with Gasteiger partial charge in [-0.1, -0.05) is 25.1 Å². The number of benzene rings is 1. The van der Waals surface area contributed by atoms with Gasteiger partial charge in [-0.2, -0.15) is 11.8 Å². The molecule has 0 unspecified atom stereocenters. The number of carbonyl (C=O) groups excluding carboxylic acids is 1. The van der Waals surface area contributed by atoms with Crippen LogP contribution in [-0.2, 0) is 0 Å². The highest BCUT2D eigenvalue weighted by atomic mass is 32.2. The van der Waals surface area contributed by atoms with Crippen LogP contribution in [0, 0.1) is 0 Å². The average molecular weight is 303 g/mol. The number of hydrogen-bond acceptors (Lipinski definition) is 4. The minimum atomic E-state index is -0.0396. The third-order valence-corrected chi connectivity index (χ3v) is 3.72. The largest absolute Gasteiger partial charge is 0.370 e. The van der Waals surface area contributed by atoms with Crippen LogP contribution < -0.4 is 10.6 Å². The molecule has 0 bridgehead atoms. The van der Waals surface area contributed by atoms with Crippen LogP contribution in [0.15, 0.2) is 30.3 Å². The zero-order valence-corrected chi connectivity index (χ0v) is 13.3. The van der Waals surface area contributed by atoms with Gasteiger partial charge in [-0.25, -0.2) is 4.98 Å². The Bertz CT molecular complexity index is 615. The van der Waals surface area contributed by atoms with E-state index < -0.39 is 0 Å². The van der Waals surface area contributed by atoms with E-state index in [-0.39, 0.29) is 5.91 Å². The zero-order chi connectivity index (χ0) is 15.1. The number of nitrogens with zero attached hydrogens (tertiary/aromatic N) is 1. The molecule has 0 spiro atoms. The second-order valence-electron chi connectivity index (χ2n) is 4.75. The summed E-state index contributed by atoms with van der Waals surface area (Å²) in [7, 11) is 0. The van der Waals surface area contributed by atoms with E-state index >= 15 is 0 Å². The fraction of sp³-hybridized carbons (Fsp3) is 0.375. The maximum absolute atomic E-state index is 12.4. The molecule has 2 rings (SSSR count). The highest BCUT2D eigenvalue weighted by Gasteiger charge is 2.12. The molecule has 2 N–H and O–H groups in total. The topological polar surface area (TPSA) is 54.0 Å². The maximum Gasteiger partial charge on any atom is 0.252 e. The Labute approximate surface area is 129 Å². The van der Waals surface area contributed by atoms with Crippen LogP contribution in [0.2, 0.25) is 0 Å². The van der Waals surface area contributed by atoms with Gasteiger partial charge >= 0.3 is 0 Å². The van der Waals surface area contributed by atoms with Crippen LogP contribution >= 0.6 is 11.8 Å². The summed E-state index contributed by atoms with van der Waals surface area (Å²) in [5, 5.41) is 7.10. The predicted octanol–water partition coefficient (Wildman–Crippen LogP) is 3.15. The van der Waals surface area contributed by atoms with Crippen molar-refractivity contribution in [3.05, 3.63) is 35.9 Å². The van der Waals surface area contributed by atoms with Gasteiger partial charge in [0, 0.05) is 24.2 Å². The summed E-state index contributed by atoms with van der Waals surface area (Å²) in [6, 6.07) is 9.59. The summed E-state index contributed by atoms with van der Waals surface area (Å²) in [6.45, 7) is 3.62. The second-order valence-corrected chi connectivity index (χ2v) is 5.73. The third-order valence-electron chi connectivity index (χ3n) is 3.11. The number of amides is 1. The van der Waals surface area contributed by atoms with Gasteiger partial charge in [-0.05, 0) is 24.8 Å². The van der Waals surface area contributed by atoms with Crippen LogP contribution in [0.25, 0.3) is 10.9 Å². The Morgan fingerprint density at radius 1 is 1.29 bits per heavy atom. The molecule has 2 aromatic rings. The molecule has 0 fully saturated rings. The van der Waals surface area contributed by atoms with Crippen molar-refractivity contribution >= 4 is 34.4 Å². The van der Waals surface area contributed by atoms with Gasteiger partial charge in [0.25, 0.3) is 5.91 Å². The Morgan fingerprint density at radius 2 is 2.10 bits per heavy atom. The number of hydrogen-bond donors (Lipinski definition) is 2. The van der Waals surface area contributed by atoms with Crippen molar-refractivity contribution in [1.29, 1.82) is 0 Å². The summed E-state index contributed by atoms with van der Waals surface area (Å²) in [6.07, 6.45) is 3.05. The number of aromatic nitrogens is 1. The predicted molar refractivity (Wildman–Crippen MR) is 91.2 cm³/mol. The van der Waals surface area contributed by atoms with Crippen molar-refractivity contribution in [3.63, 3.8) is 0 Å². The number of para-hydroxylation sites is 1. The normalized spacial score (nSPS) is 10.6. The van der Waals surface area contributed by atoms with Crippen molar-refractivity contribution < 1.29 is 4.79 Å².